The Labute approximate surface area is 231 Å². The molecule has 2 atom stereocenters. The number of anilines is 1. The summed E-state index contributed by atoms with van der Waals surface area (Å²) in [6.45, 7) is 1.39. The molecule has 0 aromatic heterocycles. The second kappa shape index (κ2) is 12.3. The van der Waals surface area contributed by atoms with Crippen molar-refractivity contribution >= 4 is 22.7 Å². The van der Waals surface area contributed by atoms with E-state index in [1.54, 1.807) is 30.3 Å². The molecule has 0 bridgehead atoms. The molecule has 39 heavy (non-hydrogen) atoms. The number of carbonyl (C=O) groups is 1. The molecule has 2 fully saturated rings. The molecule has 214 valence electrons. The first-order valence-corrected chi connectivity index (χ1v) is 13.5. The molecule has 1 saturated heterocycles. The third kappa shape index (κ3) is 7.66. The first-order valence-electron chi connectivity index (χ1n) is 12.4. The summed E-state index contributed by atoms with van der Waals surface area (Å²) in [5, 5.41) is 14.5. The van der Waals surface area contributed by atoms with Crippen LogP contribution in [0.15, 0.2) is 77.7 Å². The summed E-state index contributed by atoms with van der Waals surface area (Å²) in [6, 6.07) is 19.2. The standard InChI is InChI=1S/C23H18F3NO4S.C5H11NO.3H2/c24-23(25,26)31-19-8-6-17(7-9-19)22(12-13-22)21(28)27-18-3-1-2-16(14-18)15-4-10-20(11-5-15)32(29)30;7-4-5-2-1-3-6-5;;;/h1-11,14H,12-13H2,(H,27,28)(H,29,30);5-7H,1-4H2;3*1H/p-1/t;5-;;;/m.1.../s1. The minimum absolute atomic E-state index is 0. The Morgan fingerprint density at radius 2 is 1.79 bits per heavy atom. The summed E-state index contributed by atoms with van der Waals surface area (Å²) in [5.41, 5.74) is 1.99. The van der Waals surface area contributed by atoms with Crippen LogP contribution in [0.4, 0.5) is 18.9 Å². The summed E-state index contributed by atoms with van der Waals surface area (Å²) in [5.74, 6) is -0.576. The number of benzene rings is 3. The summed E-state index contributed by atoms with van der Waals surface area (Å²) >= 11 is -2.30. The van der Waals surface area contributed by atoms with Gasteiger partial charge in [0.2, 0.25) is 5.91 Å². The van der Waals surface area contributed by atoms with Crippen molar-refractivity contribution in [2.45, 2.75) is 48.4 Å². The van der Waals surface area contributed by atoms with Crippen LogP contribution in [0.2, 0.25) is 0 Å². The lowest BCUT2D eigenvalue weighted by atomic mass is 9.94. The van der Waals surface area contributed by atoms with Crippen LogP contribution in [-0.4, -0.2) is 45.3 Å². The fourth-order valence-electron chi connectivity index (χ4n) is 4.45. The number of carbonyl (C=O) groups excluding carboxylic acids is 1. The van der Waals surface area contributed by atoms with Gasteiger partial charge in [-0.05, 0) is 96.4 Å². The molecule has 11 heteroatoms. The van der Waals surface area contributed by atoms with Crippen LogP contribution >= 0.6 is 0 Å². The second-order valence-electron chi connectivity index (χ2n) is 9.42. The van der Waals surface area contributed by atoms with Gasteiger partial charge in [-0.1, -0.05) is 36.4 Å². The largest absolute Gasteiger partial charge is 0.768 e. The van der Waals surface area contributed by atoms with Crippen molar-refractivity contribution in [2.75, 3.05) is 18.5 Å². The maximum Gasteiger partial charge on any atom is 0.573 e. The molecule has 1 aliphatic heterocycles. The zero-order chi connectivity index (χ0) is 28.0. The van der Waals surface area contributed by atoms with Gasteiger partial charge in [0.25, 0.3) is 0 Å². The minimum Gasteiger partial charge on any atom is -0.768 e. The number of alkyl halides is 3. The van der Waals surface area contributed by atoms with Crippen LogP contribution in [0.3, 0.4) is 0 Å². The van der Waals surface area contributed by atoms with Crippen molar-refractivity contribution in [3.63, 3.8) is 0 Å². The minimum atomic E-state index is -4.77. The molecular formula is C28H34F3N2O5S-. The molecule has 1 saturated carbocycles. The molecule has 3 N–H and O–H groups in total. The molecule has 1 unspecified atom stereocenters. The third-order valence-electron chi connectivity index (χ3n) is 6.71. The van der Waals surface area contributed by atoms with Gasteiger partial charge in [-0.25, -0.2) is 0 Å². The van der Waals surface area contributed by atoms with Crippen LogP contribution < -0.4 is 15.4 Å². The van der Waals surface area contributed by atoms with Gasteiger partial charge >= 0.3 is 6.36 Å². The van der Waals surface area contributed by atoms with Gasteiger partial charge in [0.05, 0.1) is 12.0 Å². The molecule has 0 radical (unpaired) electrons. The van der Waals surface area contributed by atoms with Crippen LogP contribution in [0.5, 0.6) is 5.75 Å². The van der Waals surface area contributed by atoms with Gasteiger partial charge in [0, 0.05) is 20.9 Å². The van der Waals surface area contributed by atoms with E-state index in [0.29, 0.717) is 36.7 Å². The van der Waals surface area contributed by atoms with E-state index >= 15 is 0 Å². The van der Waals surface area contributed by atoms with Gasteiger partial charge in [-0.15, -0.1) is 13.2 Å². The van der Waals surface area contributed by atoms with E-state index in [4.69, 9.17) is 5.11 Å². The van der Waals surface area contributed by atoms with Crippen LogP contribution in [0.1, 0.15) is 35.5 Å². The Balaban J connectivity index is 0.000000777. The Hall–Kier alpha value is -3.25. The average molecular weight is 568 g/mol. The molecule has 0 spiro atoms. The van der Waals surface area contributed by atoms with Gasteiger partial charge in [0.15, 0.2) is 0 Å². The summed E-state index contributed by atoms with van der Waals surface area (Å²) in [4.78, 5) is 13.2. The summed E-state index contributed by atoms with van der Waals surface area (Å²) in [7, 11) is 0. The highest BCUT2D eigenvalue weighted by Crippen LogP contribution is 2.49. The van der Waals surface area contributed by atoms with Crippen molar-refractivity contribution in [3.8, 4) is 16.9 Å². The lowest BCUT2D eigenvalue weighted by Gasteiger charge is -2.17. The van der Waals surface area contributed by atoms with E-state index in [1.807, 2.05) is 6.07 Å². The van der Waals surface area contributed by atoms with Gasteiger partial charge in [-0.2, -0.15) is 0 Å². The van der Waals surface area contributed by atoms with Gasteiger partial charge in [-0.3, -0.25) is 9.00 Å². The van der Waals surface area contributed by atoms with E-state index < -0.39 is 22.9 Å². The first kappa shape index (κ1) is 28.8. The van der Waals surface area contributed by atoms with Crippen molar-refractivity contribution < 1.29 is 40.9 Å². The highest BCUT2D eigenvalue weighted by Gasteiger charge is 2.51. The number of aliphatic hydroxyl groups excluding tert-OH is 1. The number of halogens is 3. The fourth-order valence-corrected chi connectivity index (χ4v) is 4.80. The molecule has 1 amide bonds. The van der Waals surface area contributed by atoms with Crippen molar-refractivity contribution in [1.82, 2.24) is 5.32 Å². The zero-order valence-electron chi connectivity index (χ0n) is 20.9. The average Bonchev–Trinajstić information content (AvgIpc) is 3.55. The highest BCUT2D eigenvalue weighted by molar-refractivity contribution is 7.79. The van der Waals surface area contributed by atoms with E-state index in [-0.39, 0.29) is 20.8 Å². The van der Waals surface area contributed by atoms with Crippen LogP contribution in [0, 0.1) is 0 Å². The smallest absolute Gasteiger partial charge is 0.573 e. The van der Waals surface area contributed by atoms with E-state index in [2.05, 4.69) is 15.4 Å². The molecule has 2 aliphatic rings. The van der Waals surface area contributed by atoms with Gasteiger partial charge < -0.3 is 25.0 Å². The molecule has 7 nitrogen and oxygen atoms in total. The maximum absolute atomic E-state index is 13.0. The van der Waals surface area contributed by atoms with E-state index in [0.717, 1.165) is 24.1 Å². The van der Waals surface area contributed by atoms with Crippen LogP contribution in [-0.2, 0) is 21.3 Å². The summed E-state index contributed by atoms with van der Waals surface area (Å²) < 4.78 is 63.0. The maximum atomic E-state index is 13.0. The number of rotatable bonds is 7. The normalized spacial score (nSPS) is 18.4. The molecule has 3 aromatic rings. The molecule has 3 aromatic carbocycles. The number of ether oxygens (including phenoxy) is 1. The monoisotopic (exact) mass is 567 g/mol. The molecule has 5 rings (SSSR count). The van der Waals surface area contributed by atoms with Crippen molar-refractivity contribution in [3.05, 3.63) is 78.4 Å². The molecular weight excluding hydrogens is 533 g/mol. The second-order valence-corrected chi connectivity index (χ2v) is 10.4. The highest BCUT2D eigenvalue weighted by atomic mass is 32.2. The number of aliphatic hydroxyl groups is 1. The fraction of sp³-hybridized carbons (Fsp3) is 0.321. The number of hydrogen-bond acceptors (Lipinski definition) is 6. The lowest BCUT2D eigenvalue weighted by molar-refractivity contribution is -0.274. The zero-order valence-corrected chi connectivity index (χ0v) is 21.7. The van der Waals surface area contributed by atoms with E-state index in [9.17, 15) is 26.7 Å². The van der Waals surface area contributed by atoms with Crippen molar-refractivity contribution in [1.29, 1.82) is 0 Å². The third-order valence-corrected chi connectivity index (χ3v) is 7.37. The Kier molecular flexibility index (Phi) is 9.06. The van der Waals surface area contributed by atoms with E-state index in [1.165, 1.54) is 42.8 Å². The number of hydrogen-bond donors (Lipinski definition) is 3. The lowest BCUT2D eigenvalue weighted by Crippen LogP contribution is -2.27. The quantitative estimate of drug-likeness (QED) is 0.319. The Bertz CT molecular complexity index is 1310. The van der Waals surface area contributed by atoms with Crippen molar-refractivity contribution in [2.24, 2.45) is 0 Å². The number of nitrogens with one attached hydrogen (secondary N) is 2. The predicted molar refractivity (Wildman–Crippen MR) is 146 cm³/mol. The van der Waals surface area contributed by atoms with Gasteiger partial charge in [0.1, 0.15) is 5.75 Å². The molecule has 1 aliphatic carbocycles. The Morgan fingerprint density at radius 1 is 1.10 bits per heavy atom. The predicted octanol–water partition coefficient (Wildman–Crippen LogP) is 5.63. The summed E-state index contributed by atoms with van der Waals surface area (Å²) in [6.07, 6.45) is -1.22. The topological polar surface area (TPSA) is 111 Å². The Morgan fingerprint density at radius 3 is 2.31 bits per heavy atom. The molecule has 1 heterocycles. The SMILES string of the molecule is O=C(Nc1cccc(-c2ccc(S(=O)[O-])cc2)c1)C1(c2ccc(OC(F)(F)F)cc2)CC1.OC[C@H]1CCCN1.[HH].[HH].[HH]. The van der Waals surface area contributed by atoms with Crippen LogP contribution in [0.25, 0.3) is 11.1 Å². The first-order chi connectivity index (χ1) is 18.6. The number of amides is 1.